The average Bonchev–Trinajstić information content (AvgIpc) is 3.01. The van der Waals surface area contributed by atoms with Gasteiger partial charge in [0.2, 0.25) is 5.91 Å². The Kier molecular flexibility index (Phi) is 6.50. The number of carbonyl (C=O) groups excluding carboxylic acids is 1. The van der Waals surface area contributed by atoms with Gasteiger partial charge in [-0.15, -0.1) is 0 Å². The molecule has 0 spiro atoms. The largest absolute Gasteiger partial charge is 0.491 e. The molecule has 5 heteroatoms. The van der Waals surface area contributed by atoms with Crippen molar-refractivity contribution in [3.05, 3.63) is 24.3 Å². The van der Waals surface area contributed by atoms with E-state index in [1.54, 1.807) is 7.11 Å². The standard InChI is InChI=1S/C16H24N2O3/c1-20-10-11-21-15-8-6-14(7-9-15)18-16(19)12-17-13-4-2-3-5-13/h6-9,13,17H,2-5,10-12H2,1H3,(H,18,19). The van der Waals surface area contributed by atoms with Crippen LogP contribution >= 0.6 is 0 Å². The van der Waals surface area contributed by atoms with Crippen LogP contribution in [0.25, 0.3) is 0 Å². The number of hydrogen-bond acceptors (Lipinski definition) is 4. The van der Waals surface area contributed by atoms with Gasteiger partial charge in [-0.25, -0.2) is 0 Å². The Balaban J connectivity index is 1.70. The summed E-state index contributed by atoms with van der Waals surface area (Å²) in [5.74, 6) is 0.768. The number of amides is 1. The Morgan fingerprint density at radius 1 is 1.19 bits per heavy atom. The summed E-state index contributed by atoms with van der Waals surface area (Å²) in [7, 11) is 1.64. The fourth-order valence-electron chi connectivity index (χ4n) is 2.45. The summed E-state index contributed by atoms with van der Waals surface area (Å²) < 4.78 is 10.4. The third-order valence-electron chi connectivity index (χ3n) is 3.60. The number of hydrogen-bond donors (Lipinski definition) is 2. The molecule has 0 aliphatic heterocycles. The molecule has 1 aliphatic carbocycles. The van der Waals surface area contributed by atoms with E-state index in [-0.39, 0.29) is 5.91 Å². The Hall–Kier alpha value is -1.59. The number of carbonyl (C=O) groups is 1. The van der Waals surface area contributed by atoms with Gasteiger partial charge in [0.05, 0.1) is 13.2 Å². The van der Waals surface area contributed by atoms with Crippen molar-refractivity contribution in [1.82, 2.24) is 5.32 Å². The van der Waals surface area contributed by atoms with Crippen LogP contribution in [0.4, 0.5) is 5.69 Å². The first-order valence-corrected chi connectivity index (χ1v) is 7.53. The van der Waals surface area contributed by atoms with E-state index in [0.29, 0.717) is 25.8 Å². The van der Waals surface area contributed by atoms with Gasteiger partial charge in [0.25, 0.3) is 0 Å². The average molecular weight is 292 g/mol. The molecule has 0 saturated heterocycles. The molecule has 0 bridgehead atoms. The van der Waals surface area contributed by atoms with Crippen LogP contribution in [-0.2, 0) is 9.53 Å². The molecule has 0 heterocycles. The minimum Gasteiger partial charge on any atom is -0.491 e. The fraction of sp³-hybridized carbons (Fsp3) is 0.562. The lowest BCUT2D eigenvalue weighted by Crippen LogP contribution is -2.34. The molecule has 0 atom stereocenters. The van der Waals surface area contributed by atoms with Crippen molar-refractivity contribution >= 4 is 11.6 Å². The Labute approximate surface area is 126 Å². The van der Waals surface area contributed by atoms with Crippen LogP contribution in [0, 0.1) is 0 Å². The molecule has 1 aromatic carbocycles. The lowest BCUT2D eigenvalue weighted by molar-refractivity contribution is -0.115. The topological polar surface area (TPSA) is 59.6 Å². The zero-order valence-corrected chi connectivity index (χ0v) is 12.6. The van der Waals surface area contributed by atoms with E-state index in [2.05, 4.69) is 10.6 Å². The van der Waals surface area contributed by atoms with Crippen molar-refractivity contribution in [2.45, 2.75) is 31.7 Å². The summed E-state index contributed by atoms with van der Waals surface area (Å²) in [5, 5.41) is 6.18. The molecule has 0 aromatic heterocycles. The first-order valence-electron chi connectivity index (χ1n) is 7.53. The van der Waals surface area contributed by atoms with Crippen LogP contribution in [0.2, 0.25) is 0 Å². The Bertz CT molecular complexity index is 428. The highest BCUT2D eigenvalue weighted by molar-refractivity contribution is 5.92. The van der Waals surface area contributed by atoms with Gasteiger partial charge in [-0.3, -0.25) is 4.79 Å². The lowest BCUT2D eigenvalue weighted by Gasteiger charge is -2.12. The quantitative estimate of drug-likeness (QED) is 0.721. The maximum absolute atomic E-state index is 11.8. The van der Waals surface area contributed by atoms with E-state index >= 15 is 0 Å². The van der Waals surface area contributed by atoms with Crippen LogP contribution in [-0.4, -0.2) is 38.8 Å². The van der Waals surface area contributed by atoms with Crippen molar-refractivity contribution in [2.75, 3.05) is 32.2 Å². The van der Waals surface area contributed by atoms with E-state index in [9.17, 15) is 4.79 Å². The van der Waals surface area contributed by atoms with E-state index in [1.807, 2.05) is 24.3 Å². The third-order valence-corrected chi connectivity index (χ3v) is 3.60. The van der Waals surface area contributed by atoms with Crippen molar-refractivity contribution < 1.29 is 14.3 Å². The Morgan fingerprint density at radius 2 is 1.90 bits per heavy atom. The predicted octanol–water partition coefficient (Wildman–Crippen LogP) is 2.18. The summed E-state index contributed by atoms with van der Waals surface area (Å²) >= 11 is 0. The Morgan fingerprint density at radius 3 is 2.57 bits per heavy atom. The van der Waals surface area contributed by atoms with Crippen molar-refractivity contribution in [2.24, 2.45) is 0 Å². The van der Waals surface area contributed by atoms with Crippen LogP contribution in [0.3, 0.4) is 0 Å². The highest BCUT2D eigenvalue weighted by Gasteiger charge is 2.15. The fourth-order valence-corrected chi connectivity index (χ4v) is 2.45. The maximum atomic E-state index is 11.8. The molecular formula is C16H24N2O3. The molecule has 5 nitrogen and oxygen atoms in total. The van der Waals surface area contributed by atoms with Gasteiger partial charge in [-0.1, -0.05) is 12.8 Å². The molecule has 0 unspecified atom stereocenters. The highest BCUT2D eigenvalue weighted by Crippen LogP contribution is 2.18. The molecule has 1 aliphatic rings. The van der Waals surface area contributed by atoms with Crippen LogP contribution in [0.1, 0.15) is 25.7 Å². The first-order chi connectivity index (χ1) is 10.3. The summed E-state index contributed by atoms with van der Waals surface area (Å²) in [6.07, 6.45) is 4.90. The summed E-state index contributed by atoms with van der Waals surface area (Å²) in [6, 6.07) is 7.88. The number of nitrogens with one attached hydrogen (secondary N) is 2. The summed E-state index contributed by atoms with van der Waals surface area (Å²) in [4.78, 5) is 11.8. The van der Waals surface area contributed by atoms with Crippen molar-refractivity contribution in [3.8, 4) is 5.75 Å². The SMILES string of the molecule is COCCOc1ccc(NC(=O)CNC2CCCC2)cc1. The molecule has 21 heavy (non-hydrogen) atoms. The van der Waals surface area contributed by atoms with Gasteiger partial charge in [-0.2, -0.15) is 0 Å². The number of ether oxygens (including phenoxy) is 2. The highest BCUT2D eigenvalue weighted by atomic mass is 16.5. The maximum Gasteiger partial charge on any atom is 0.238 e. The van der Waals surface area contributed by atoms with Crippen LogP contribution in [0.5, 0.6) is 5.75 Å². The molecule has 1 aromatic rings. The molecule has 2 rings (SSSR count). The lowest BCUT2D eigenvalue weighted by atomic mass is 10.2. The smallest absolute Gasteiger partial charge is 0.238 e. The van der Waals surface area contributed by atoms with E-state index in [0.717, 1.165) is 11.4 Å². The minimum absolute atomic E-state index is 0.00467. The molecule has 0 radical (unpaired) electrons. The second-order valence-corrected chi connectivity index (χ2v) is 5.28. The number of benzene rings is 1. The second-order valence-electron chi connectivity index (χ2n) is 5.28. The van der Waals surface area contributed by atoms with Crippen LogP contribution < -0.4 is 15.4 Å². The zero-order chi connectivity index (χ0) is 14.9. The normalized spacial score (nSPS) is 15.1. The van der Waals surface area contributed by atoms with Crippen molar-refractivity contribution in [1.29, 1.82) is 0 Å². The molecule has 1 saturated carbocycles. The van der Waals surface area contributed by atoms with Gasteiger partial charge in [0.15, 0.2) is 0 Å². The van der Waals surface area contributed by atoms with Crippen LogP contribution in [0.15, 0.2) is 24.3 Å². The van der Waals surface area contributed by atoms with Crippen molar-refractivity contribution in [3.63, 3.8) is 0 Å². The zero-order valence-electron chi connectivity index (χ0n) is 12.6. The molecule has 1 fully saturated rings. The molecule has 2 N–H and O–H groups in total. The van der Waals surface area contributed by atoms with Gasteiger partial charge in [0, 0.05) is 18.8 Å². The summed E-state index contributed by atoms with van der Waals surface area (Å²) in [5.41, 5.74) is 0.785. The molecule has 116 valence electrons. The molecular weight excluding hydrogens is 268 g/mol. The minimum atomic E-state index is -0.00467. The number of rotatable bonds is 8. The monoisotopic (exact) mass is 292 g/mol. The number of anilines is 1. The van der Waals surface area contributed by atoms with Gasteiger partial charge in [-0.05, 0) is 37.1 Å². The summed E-state index contributed by atoms with van der Waals surface area (Å²) in [6.45, 7) is 1.45. The van der Waals surface area contributed by atoms with E-state index in [1.165, 1.54) is 25.7 Å². The first kappa shape index (κ1) is 15.8. The second kappa shape index (κ2) is 8.64. The predicted molar refractivity (Wildman–Crippen MR) is 82.7 cm³/mol. The van der Waals surface area contributed by atoms with Gasteiger partial charge in [0.1, 0.15) is 12.4 Å². The van der Waals surface area contributed by atoms with Gasteiger partial charge >= 0.3 is 0 Å². The number of methoxy groups -OCH3 is 1. The molecule has 1 amide bonds. The third kappa shape index (κ3) is 5.73. The van der Waals surface area contributed by atoms with Gasteiger partial charge < -0.3 is 20.1 Å². The van der Waals surface area contributed by atoms with E-state index < -0.39 is 0 Å². The van der Waals surface area contributed by atoms with E-state index in [4.69, 9.17) is 9.47 Å².